The second kappa shape index (κ2) is 6.71. The molecule has 1 N–H and O–H groups in total. The van der Waals surface area contributed by atoms with Gasteiger partial charge in [-0.25, -0.2) is 9.78 Å². The minimum Gasteiger partial charge on any atom is -0.311 e. The molecule has 0 fully saturated rings. The topological polar surface area (TPSA) is 103 Å². The number of benzene rings is 1. The molecule has 0 saturated carbocycles. The van der Waals surface area contributed by atoms with E-state index in [1.54, 1.807) is 28.6 Å². The average molecular weight is 404 g/mol. The van der Waals surface area contributed by atoms with Crippen molar-refractivity contribution >= 4 is 34.5 Å². The Bertz CT molecular complexity index is 1270. The maximum atomic E-state index is 12.5. The molecule has 4 rings (SSSR count). The summed E-state index contributed by atoms with van der Waals surface area (Å²) in [5.41, 5.74) is 0.385. The molecule has 0 bridgehead atoms. The number of rotatable bonds is 4. The Labute approximate surface area is 161 Å². The molecule has 0 aliphatic rings. The van der Waals surface area contributed by atoms with Gasteiger partial charge in [-0.15, -0.1) is 10.2 Å². The second-order valence-corrected chi connectivity index (χ2v) is 7.23. The van der Waals surface area contributed by atoms with Crippen LogP contribution in [-0.4, -0.2) is 33.9 Å². The summed E-state index contributed by atoms with van der Waals surface area (Å²) < 4.78 is 4.78. The molecule has 0 unspecified atom stereocenters. The van der Waals surface area contributed by atoms with Gasteiger partial charge in [-0.2, -0.15) is 0 Å². The fourth-order valence-electron chi connectivity index (χ4n) is 2.68. The van der Waals surface area contributed by atoms with Crippen LogP contribution in [0.3, 0.4) is 0 Å². The van der Waals surface area contributed by atoms with Gasteiger partial charge in [0, 0.05) is 19.1 Å². The van der Waals surface area contributed by atoms with Crippen LogP contribution < -0.4 is 11.2 Å². The number of nitrogens with one attached hydrogen (secondary N) is 1. The van der Waals surface area contributed by atoms with Crippen molar-refractivity contribution in [2.45, 2.75) is 16.9 Å². The zero-order chi connectivity index (χ0) is 19.1. The van der Waals surface area contributed by atoms with Crippen LogP contribution in [0.1, 0.15) is 5.56 Å². The second-order valence-electron chi connectivity index (χ2n) is 5.89. The Morgan fingerprint density at radius 2 is 1.96 bits per heavy atom. The maximum absolute atomic E-state index is 12.5. The molecule has 0 radical (unpaired) electrons. The van der Waals surface area contributed by atoms with Crippen LogP contribution in [0.2, 0.25) is 5.02 Å². The SMILES string of the molecule is Cn1cnnc1Sc1nc2c(c(=O)[nH]c(=O)n2C)n1Cc1ccccc1Cl. The van der Waals surface area contributed by atoms with Crippen LogP contribution in [0.25, 0.3) is 11.2 Å². The molecular formula is C16H14ClN7O2S. The van der Waals surface area contributed by atoms with Gasteiger partial charge in [0.15, 0.2) is 21.5 Å². The smallest absolute Gasteiger partial charge is 0.311 e. The van der Waals surface area contributed by atoms with Crippen LogP contribution in [0.5, 0.6) is 0 Å². The Morgan fingerprint density at radius 1 is 1.19 bits per heavy atom. The molecule has 1 aromatic carbocycles. The predicted octanol–water partition coefficient (Wildman–Crippen LogP) is 1.40. The number of H-pyrrole nitrogens is 1. The third-order valence-corrected chi connectivity index (χ3v) is 5.53. The molecule has 0 spiro atoms. The Hall–Kier alpha value is -2.85. The van der Waals surface area contributed by atoms with E-state index >= 15 is 0 Å². The zero-order valence-corrected chi connectivity index (χ0v) is 16.0. The predicted molar refractivity (Wildman–Crippen MR) is 101 cm³/mol. The van der Waals surface area contributed by atoms with Crippen LogP contribution in [0.4, 0.5) is 0 Å². The molecule has 3 aromatic heterocycles. The van der Waals surface area contributed by atoms with Crippen LogP contribution in [-0.2, 0) is 20.6 Å². The van der Waals surface area contributed by atoms with E-state index in [1.165, 1.54) is 16.3 Å². The molecule has 11 heteroatoms. The number of halogens is 1. The van der Waals surface area contributed by atoms with Crippen molar-refractivity contribution in [3.63, 3.8) is 0 Å². The lowest BCUT2D eigenvalue weighted by Crippen LogP contribution is -2.29. The van der Waals surface area contributed by atoms with Gasteiger partial charge in [0.1, 0.15) is 6.33 Å². The van der Waals surface area contributed by atoms with Gasteiger partial charge in [0.25, 0.3) is 5.56 Å². The first-order chi connectivity index (χ1) is 13.0. The number of nitrogens with zero attached hydrogens (tertiary/aromatic N) is 6. The summed E-state index contributed by atoms with van der Waals surface area (Å²) in [6, 6.07) is 7.37. The number of fused-ring (bicyclic) bond motifs is 1. The molecule has 0 atom stereocenters. The highest BCUT2D eigenvalue weighted by Gasteiger charge is 2.20. The van der Waals surface area contributed by atoms with Gasteiger partial charge in [-0.3, -0.25) is 14.3 Å². The van der Waals surface area contributed by atoms with Gasteiger partial charge in [-0.1, -0.05) is 29.8 Å². The average Bonchev–Trinajstić information content (AvgIpc) is 3.20. The highest BCUT2D eigenvalue weighted by atomic mass is 35.5. The summed E-state index contributed by atoms with van der Waals surface area (Å²) in [6.45, 7) is 0.317. The summed E-state index contributed by atoms with van der Waals surface area (Å²) in [5.74, 6) is 0. The van der Waals surface area contributed by atoms with Gasteiger partial charge in [0.05, 0.1) is 6.54 Å². The Balaban J connectivity index is 1.95. The summed E-state index contributed by atoms with van der Waals surface area (Å²) in [4.78, 5) is 31.3. The summed E-state index contributed by atoms with van der Waals surface area (Å²) in [6.07, 6.45) is 1.58. The van der Waals surface area contributed by atoms with Crippen molar-refractivity contribution < 1.29 is 0 Å². The van der Waals surface area contributed by atoms with Gasteiger partial charge < -0.3 is 9.13 Å². The molecule has 27 heavy (non-hydrogen) atoms. The van der Waals surface area contributed by atoms with Crippen molar-refractivity contribution in [2.24, 2.45) is 14.1 Å². The van der Waals surface area contributed by atoms with Gasteiger partial charge >= 0.3 is 5.69 Å². The third-order valence-electron chi connectivity index (χ3n) is 4.11. The van der Waals surface area contributed by atoms with Crippen LogP contribution in [0, 0.1) is 0 Å². The minimum absolute atomic E-state index is 0.292. The normalized spacial score (nSPS) is 11.4. The summed E-state index contributed by atoms with van der Waals surface area (Å²) in [7, 11) is 3.37. The molecular weight excluding hydrogens is 390 g/mol. The molecule has 0 amide bonds. The van der Waals surface area contributed by atoms with E-state index in [1.807, 2.05) is 25.2 Å². The Kier molecular flexibility index (Phi) is 4.36. The van der Waals surface area contributed by atoms with E-state index in [2.05, 4.69) is 20.2 Å². The quantitative estimate of drug-likeness (QED) is 0.552. The number of hydrogen-bond acceptors (Lipinski definition) is 6. The number of aromatic nitrogens is 7. The number of hydrogen-bond donors (Lipinski definition) is 1. The van der Waals surface area contributed by atoms with Gasteiger partial charge in [-0.05, 0) is 23.4 Å². The summed E-state index contributed by atoms with van der Waals surface area (Å²) >= 11 is 7.55. The number of imidazole rings is 1. The lowest BCUT2D eigenvalue weighted by atomic mass is 10.2. The van der Waals surface area contributed by atoms with Crippen molar-refractivity contribution in [2.75, 3.05) is 0 Å². The van der Waals surface area contributed by atoms with Crippen molar-refractivity contribution in [3.8, 4) is 0 Å². The Morgan fingerprint density at radius 3 is 2.67 bits per heavy atom. The molecule has 0 saturated heterocycles. The highest BCUT2D eigenvalue weighted by molar-refractivity contribution is 7.99. The molecule has 3 heterocycles. The molecule has 0 aliphatic carbocycles. The zero-order valence-electron chi connectivity index (χ0n) is 14.4. The third kappa shape index (κ3) is 3.06. The van der Waals surface area contributed by atoms with Crippen LogP contribution in [0.15, 0.2) is 50.5 Å². The lowest BCUT2D eigenvalue weighted by Gasteiger charge is -2.09. The number of aromatic amines is 1. The van der Waals surface area contributed by atoms with E-state index in [9.17, 15) is 9.59 Å². The van der Waals surface area contributed by atoms with E-state index in [0.29, 0.717) is 33.0 Å². The monoisotopic (exact) mass is 403 g/mol. The molecule has 4 aromatic rings. The maximum Gasteiger partial charge on any atom is 0.329 e. The molecule has 9 nitrogen and oxygen atoms in total. The first-order valence-electron chi connectivity index (χ1n) is 7.90. The van der Waals surface area contributed by atoms with Crippen molar-refractivity contribution in [3.05, 3.63) is 62.0 Å². The first-order valence-corrected chi connectivity index (χ1v) is 9.10. The summed E-state index contributed by atoms with van der Waals surface area (Å²) in [5, 5.41) is 9.60. The van der Waals surface area contributed by atoms with E-state index in [-0.39, 0.29) is 0 Å². The highest BCUT2D eigenvalue weighted by Crippen LogP contribution is 2.28. The van der Waals surface area contributed by atoms with E-state index in [4.69, 9.17) is 11.6 Å². The fraction of sp³-hybridized carbons (Fsp3) is 0.188. The van der Waals surface area contributed by atoms with Crippen molar-refractivity contribution in [1.82, 2.24) is 33.9 Å². The van der Waals surface area contributed by atoms with Gasteiger partial charge in [0.2, 0.25) is 0 Å². The van der Waals surface area contributed by atoms with Crippen molar-refractivity contribution in [1.29, 1.82) is 0 Å². The largest absolute Gasteiger partial charge is 0.329 e. The van der Waals surface area contributed by atoms with E-state index in [0.717, 1.165) is 5.56 Å². The first kappa shape index (κ1) is 17.6. The fourth-order valence-corrected chi connectivity index (χ4v) is 3.72. The number of aryl methyl sites for hydroxylation is 2. The van der Waals surface area contributed by atoms with Crippen LogP contribution >= 0.6 is 23.4 Å². The molecule has 138 valence electrons. The lowest BCUT2D eigenvalue weighted by molar-refractivity contribution is 0.719. The standard InChI is InChI=1S/C16H14ClN7O2S/c1-22-8-18-21-16(22)27-15-19-12-11(13(25)20-14(26)23(12)2)24(15)7-9-5-3-4-6-10(9)17/h3-6,8H,7H2,1-2H3,(H,20,25,26). The minimum atomic E-state index is -0.523. The van der Waals surface area contributed by atoms with E-state index < -0.39 is 11.2 Å². The molecule has 0 aliphatic heterocycles.